The van der Waals surface area contributed by atoms with Gasteiger partial charge in [-0.15, -0.1) is 0 Å². The lowest BCUT2D eigenvalue weighted by Gasteiger charge is -2.27. The summed E-state index contributed by atoms with van der Waals surface area (Å²) in [6.45, 7) is 4.97. The minimum Gasteiger partial charge on any atom is -0.508 e. The van der Waals surface area contributed by atoms with Gasteiger partial charge in [0.05, 0.1) is 18.9 Å². The quantitative estimate of drug-likeness (QED) is 0.662. The molecule has 1 aliphatic heterocycles. The number of rotatable bonds is 4. The Kier molecular flexibility index (Phi) is 4.68. The van der Waals surface area contributed by atoms with Crippen LogP contribution in [0.4, 0.5) is 11.6 Å². The van der Waals surface area contributed by atoms with Crippen LogP contribution in [-0.2, 0) is 4.74 Å². The van der Waals surface area contributed by atoms with Gasteiger partial charge in [0, 0.05) is 19.2 Å². The number of morpholine rings is 1. The highest BCUT2D eigenvalue weighted by Gasteiger charge is 2.12. The first-order chi connectivity index (χ1) is 11.2. The molecule has 2 heterocycles. The number of hydrogen-bond donors (Lipinski definition) is 2. The molecule has 0 unspecified atom stereocenters. The van der Waals surface area contributed by atoms with E-state index in [0.29, 0.717) is 19.0 Å². The molecule has 1 aromatic carbocycles. The molecule has 23 heavy (non-hydrogen) atoms. The molecule has 2 aromatic rings. The Bertz CT molecular complexity index is 681. The third-order valence-corrected chi connectivity index (χ3v) is 3.61. The van der Waals surface area contributed by atoms with E-state index >= 15 is 0 Å². The van der Waals surface area contributed by atoms with Crippen LogP contribution in [-0.4, -0.2) is 47.1 Å². The summed E-state index contributed by atoms with van der Waals surface area (Å²) in [5.74, 6) is 1.74. The van der Waals surface area contributed by atoms with E-state index in [1.807, 2.05) is 25.1 Å². The largest absolute Gasteiger partial charge is 0.508 e. The molecule has 3 rings (SSSR count). The number of phenols is 1. The van der Waals surface area contributed by atoms with Gasteiger partial charge in [0.25, 0.3) is 0 Å². The van der Waals surface area contributed by atoms with E-state index in [-0.39, 0.29) is 5.75 Å². The zero-order valence-corrected chi connectivity index (χ0v) is 12.9. The van der Waals surface area contributed by atoms with Crippen LogP contribution in [0.5, 0.6) is 5.75 Å². The van der Waals surface area contributed by atoms with Gasteiger partial charge in [0.1, 0.15) is 17.9 Å². The average Bonchev–Trinajstić information content (AvgIpc) is 2.61. The zero-order valence-electron chi connectivity index (χ0n) is 12.9. The van der Waals surface area contributed by atoms with Crippen LogP contribution >= 0.6 is 0 Å². The molecule has 0 atom stereocenters. The average molecular weight is 313 g/mol. The Morgan fingerprint density at radius 2 is 1.96 bits per heavy atom. The van der Waals surface area contributed by atoms with E-state index in [1.165, 1.54) is 6.33 Å². The van der Waals surface area contributed by atoms with Crippen molar-refractivity contribution in [2.45, 2.75) is 6.92 Å². The van der Waals surface area contributed by atoms with Gasteiger partial charge >= 0.3 is 0 Å². The SMILES string of the molecule is C/C(=N\Nc1cc(N2CCOCC2)ncn1)c1ccc(O)cc1. The minimum absolute atomic E-state index is 0.237. The van der Waals surface area contributed by atoms with Gasteiger partial charge in [-0.25, -0.2) is 9.97 Å². The molecular weight excluding hydrogens is 294 g/mol. The molecule has 1 saturated heterocycles. The van der Waals surface area contributed by atoms with Gasteiger partial charge in [-0.3, -0.25) is 5.43 Å². The van der Waals surface area contributed by atoms with Crippen LogP contribution in [0, 0.1) is 0 Å². The lowest BCUT2D eigenvalue weighted by atomic mass is 10.1. The van der Waals surface area contributed by atoms with Gasteiger partial charge < -0.3 is 14.7 Å². The van der Waals surface area contributed by atoms with Crippen molar-refractivity contribution in [1.29, 1.82) is 0 Å². The Labute approximate surface area is 134 Å². The molecule has 1 aliphatic rings. The fourth-order valence-electron chi connectivity index (χ4n) is 2.28. The Hall–Kier alpha value is -2.67. The third-order valence-electron chi connectivity index (χ3n) is 3.61. The summed E-state index contributed by atoms with van der Waals surface area (Å²) >= 11 is 0. The summed E-state index contributed by atoms with van der Waals surface area (Å²) < 4.78 is 5.35. The lowest BCUT2D eigenvalue weighted by Crippen LogP contribution is -2.36. The third kappa shape index (κ3) is 3.95. The molecule has 0 saturated carbocycles. The van der Waals surface area contributed by atoms with Gasteiger partial charge in [-0.05, 0) is 36.8 Å². The molecule has 0 amide bonds. The van der Waals surface area contributed by atoms with Crippen LogP contribution in [0.2, 0.25) is 0 Å². The highest BCUT2D eigenvalue weighted by atomic mass is 16.5. The maximum atomic E-state index is 9.31. The van der Waals surface area contributed by atoms with Gasteiger partial charge in [-0.2, -0.15) is 5.10 Å². The maximum Gasteiger partial charge on any atom is 0.151 e. The van der Waals surface area contributed by atoms with Crippen LogP contribution in [0.1, 0.15) is 12.5 Å². The Morgan fingerprint density at radius 1 is 1.22 bits per heavy atom. The molecule has 2 N–H and O–H groups in total. The highest BCUT2D eigenvalue weighted by Crippen LogP contribution is 2.16. The van der Waals surface area contributed by atoms with E-state index in [1.54, 1.807) is 12.1 Å². The Balaban J connectivity index is 1.70. The van der Waals surface area contributed by atoms with Crippen molar-refractivity contribution in [3.63, 3.8) is 0 Å². The van der Waals surface area contributed by atoms with Crippen molar-refractivity contribution in [1.82, 2.24) is 9.97 Å². The normalized spacial score (nSPS) is 15.5. The number of nitrogens with one attached hydrogen (secondary N) is 1. The topological polar surface area (TPSA) is 82.9 Å². The van der Waals surface area contributed by atoms with E-state index in [4.69, 9.17) is 4.74 Å². The van der Waals surface area contributed by atoms with Crippen LogP contribution in [0.25, 0.3) is 0 Å². The fourth-order valence-corrected chi connectivity index (χ4v) is 2.28. The molecular formula is C16H19N5O2. The molecule has 0 bridgehead atoms. The van der Waals surface area contributed by atoms with Crippen molar-refractivity contribution in [3.8, 4) is 5.75 Å². The predicted molar refractivity (Wildman–Crippen MR) is 89.0 cm³/mol. The molecule has 0 spiro atoms. The van der Waals surface area contributed by atoms with Crippen molar-refractivity contribution < 1.29 is 9.84 Å². The number of benzene rings is 1. The van der Waals surface area contributed by atoms with Gasteiger partial charge in [0.2, 0.25) is 0 Å². The molecule has 7 heteroatoms. The number of aromatic hydroxyl groups is 1. The minimum atomic E-state index is 0.237. The number of nitrogens with zero attached hydrogens (tertiary/aromatic N) is 4. The monoisotopic (exact) mass is 313 g/mol. The molecule has 1 fully saturated rings. The fraction of sp³-hybridized carbons (Fsp3) is 0.312. The van der Waals surface area contributed by atoms with Crippen molar-refractivity contribution >= 4 is 17.3 Å². The second kappa shape index (κ2) is 7.06. The molecule has 120 valence electrons. The number of hydrazone groups is 1. The number of aromatic nitrogens is 2. The standard InChI is InChI=1S/C16H19N5O2/c1-12(13-2-4-14(22)5-3-13)19-20-15-10-16(18-11-17-15)21-6-8-23-9-7-21/h2-5,10-11,22H,6-9H2,1H3,(H,17,18,20)/b19-12+. The molecule has 0 radical (unpaired) electrons. The summed E-state index contributed by atoms with van der Waals surface area (Å²) in [5, 5.41) is 13.6. The smallest absolute Gasteiger partial charge is 0.151 e. The molecule has 0 aliphatic carbocycles. The first-order valence-corrected chi connectivity index (χ1v) is 7.47. The molecule has 1 aromatic heterocycles. The number of anilines is 2. The van der Waals surface area contributed by atoms with Crippen LogP contribution in [0.15, 0.2) is 41.8 Å². The summed E-state index contributed by atoms with van der Waals surface area (Å²) in [7, 11) is 0. The second-order valence-corrected chi connectivity index (χ2v) is 5.22. The number of phenolic OH excluding ortho intramolecular Hbond substituents is 1. The predicted octanol–water partition coefficient (Wildman–Crippen LogP) is 1.85. The zero-order chi connectivity index (χ0) is 16.1. The lowest BCUT2D eigenvalue weighted by molar-refractivity contribution is 0.122. The number of ether oxygens (including phenoxy) is 1. The van der Waals surface area contributed by atoms with E-state index < -0.39 is 0 Å². The summed E-state index contributed by atoms with van der Waals surface area (Å²) in [6, 6.07) is 8.77. The highest BCUT2D eigenvalue weighted by molar-refractivity contribution is 5.99. The van der Waals surface area contributed by atoms with Crippen molar-refractivity contribution in [2.24, 2.45) is 5.10 Å². The van der Waals surface area contributed by atoms with Gasteiger partial charge in [-0.1, -0.05) is 0 Å². The number of hydrogen-bond acceptors (Lipinski definition) is 7. The summed E-state index contributed by atoms with van der Waals surface area (Å²) in [5.41, 5.74) is 4.68. The van der Waals surface area contributed by atoms with E-state index in [9.17, 15) is 5.11 Å². The summed E-state index contributed by atoms with van der Waals surface area (Å²) in [4.78, 5) is 10.6. The van der Waals surface area contributed by atoms with E-state index in [2.05, 4.69) is 25.4 Å². The van der Waals surface area contributed by atoms with Crippen LogP contribution < -0.4 is 10.3 Å². The first kappa shape index (κ1) is 15.2. The van der Waals surface area contributed by atoms with Crippen molar-refractivity contribution in [2.75, 3.05) is 36.6 Å². The summed E-state index contributed by atoms with van der Waals surface area (Å²) in [6.07, 6.45) is 1.53. The van der Waals surface area contributed by atoms with E-state index in [0.717, 1.165) is 30.2 Å². The van der Waals surface area contributed by atoms with Crippen LogP contribution in [0.3, 0.4) is 0 Å². The second-order valence-electron chi connectivity index (χ2n) is 5.22. The van der Waals surface area contributed by atoms with Crippen molar-refractivity contribution in [3.05, 3.63) is 42.2 Å². The first-order valence-electron chi connectivity index (χ1n) is 7.47. The van der Waals surface area contributed by atoms with Gasteiger partial charge in [0.15, 0.2) is 5.82 Å². The Morgan fingerprint density at radius 3 is 2.70 bits per heavy atom. The maximum absolute atomic E-state index is 9.31. The molecule has 7 nitrogen and oxygen atoms in total.